The summed E-state index contributed by atoms with van der Waals surface area (Å²) in [6.07, 6.45) is 2.59. The Morgan fingerprint density at radius 2 is 1.65 bits per heavy atom. The molecule has 3 unspecified atom stereocenters. The molecule has 0 radical (unpaired) electrons. The lowest BCUT2D eigenvalue weighted by atomic mass is 9.72. The minimum absolute atomic E-state index is 0.737. The van der Waals surface area contributed by atoms with Crippen LogP contribution in [0.2, 0.25) is 0 Å². The number of rotatable bonds is 0. The van der Waals surface area contributed by atoms with Crippen LogP contribution in [-0.2, 0) is 0 Å². The van der Waals surface area contributed by atoms with Crippen LogP contribution in [0.4, 0.5) is 0 Å². The summed E-state index contributed by atoms with van der Waals surface area (Å²) in [5, 5.41) is 0. The second-order valence-electron chi connectivity index (χ2n) is 5.74. The van der Waals surface area contributed by atoms with Crippen molar-refractivity contribution < 1.29 is 0 Å². The molecular weight excluding hydrogens is 204 g/mol. The van der Waals surface area contributed by atoms with Gasteiger partial charge in [0.1, 0.15) is 0 Å². The maximum atomic E-state index is 2.38. The van der Waals surface area contributed by atoms with Crippen LogP contribution in [0.15, 0.2) is 18.2 Å². The van der Waals surface area contributed by atoms with Gasteiger partial charge in [-0.1, -0.05) is 64.8 Å². The molecule has 0 heterocycles. The van der Waals surface area contributed by atoms with Crippen LogP contribution in [0.1, 0.15) is 76.0 Å². The molecule has 0 nitrogen and oxygen atoms in total. The molecule has 0 aromatic heterocycles. The maximum Gasteiger partial charge on any atom is -0.0162 e. The van der Waals surface area contributed by atoms with Crippen LogP contribution in [0.25, 0.3) is 0 Å². The van der Waals surface area contributed by atoms with E-state index in [1.807, 2.05) is 0 Å². The Bertz CT molecular complexity index is 351. The first-order valence-corrected chi connectivity index (χ1v) is 7.11. The minimum Gasteiger partial charge on any atom is -0.0656 e. The van der Waals surface area contributed by atoms with Crippen LogP contribution in [0.5, 0.6) is 0 Å². The van der Waals surface area contributed by atoms with E-state index in [9.17, 15) is 0 Å². The summed E-state index contributed by atoms with van der Waals surface area (Å²) in [6, 6.07) is 6.96. The molecule has 0 heteroatoms. The van der Waals surface area contributed by atoms with Gasteiger partial charge in [0.15, 0.2) is 0 Å². The van der Waals surface area contributed by atoms with Gasteiger partial charge in [0.05, 0.1) is 0 Å². The molecule has 0 aliphatic heterocycles. The van der Waals surface area contributed by atoms with Crippen molar-refractivity contribution in [2.24, 2.45) is 5.92 Å². The predicted molar refractivity (Wildman–Crippen MR) is 77.8 cm³/mol. The van der Waals surface area contributed by atoms with Crippen molar-refractivity contribution in [3.05, 3.63) is 34.9 Å². The SMILES string of the molecule is CCC.Cc1ccc2c(c1)C(C)C(C)CC2C. The molecule has 96 valence electrons. The van der Waals surface area contributed by atoms with Crippen molar-refractivity contribution in [1.29, 1.82) is 0 Å². The number of fused-ring (bicyclic) bond motifs is 1. The highest BCUT2D eigenvalue weighted by Gasteiger charge is 2.27. The molecule has 0 saturated carbocycles. The van der Waals surface area contributed by atoms with E-state index < -0.39 is 0 Å². The first-order chi connectivity index (χ1) is 8.01. The molecule has 1 aromatic rings. The van der Waals surface area contributed by atoms with Crippen molar-refractivity contribution in [3.63, 3.8) is 0 Å². The van der Waals surface area contributed by atoms with E-state index in [1.54, 1.807) is 11.1 Å². The van der Waals surface area contributed by atoms with Gasteiger partial charge < -0.3 is 0 Å². The third-order valence-corrected chi connectivity index (χ3v) is 3.84. The Morgan fingerprint density at radius 1 is 1.06 bits per heavy atom. The van der Waals surface area contributed by atoms with Gasteiger partial charge in [-0.2, -0.15) is 0 Å². The molecule has 17 heavy (non-hydrogen) atoms. The lowest BCUT2D eigenvalue weighted by Crippen LogP contribution is -2.18. The van der Waals surface area contributed by atoms with Crippen molar-refractivity contribution in [2.75, 3.05) is 0 Å². The molecule has 3 atom stereocenters. The second-order valence-corrected chi connectivity index (χ2v) is 5.74. The largest absolute Gasteiger partial charge is 0.0656 e. The fourth-order valence-corrected chi connectivity index (χ4v) is 2.73. The van der Waals surface area contributed by atoms with Crippen LogP contribution < -0.4 is 0 Å². The summed E-state index contributed by atoms with van der Waals surface area (Å²) >= 11 is 0. The average molecular weight is 232 g/mol. The van der Waals surface area contributed by atoms with Gasteiger partial charge in [-0.15, -0.1) is 0 Å². The number of hydrogen-bond acceptors (Lipinski definition) is 0. The monoisotopic (exact) mass is 232 g/mol. The van der Waals surface area contributed by atoms with Crippen LogP contribution in [0.3, 0.4) is 0 Å². The first kappa shape index (κ1) is 14.3. The van der Waals surface area contributed by atoms with Gasteiger partial charge in [-0.3, -0.25) is 0 Å². The average Bonchev–Trinajstić information content (AvgIpc) is 2.27. The van der Waals surface area contributed by atoms with Crippen molar-refractivity contribution >= 4 is 0 Å². The number of benzene rings is 1. The summed E-state index contributed by atoms with van der Waals surface area (Å²) in [7, 11) is 0. The van der Waals surface area contributed by atoms with Gasteiger partial charge >= 0.3 is 0 Å². The molecule has 0 N–H and O–H groups in total. The fourth-order valence-electron chi connectivity index (χ4n) is 2.73. The third-order valence-electron chi connectivity index (χ3n) is 3.84. The summed E-state index contributed by atoms with van der Waals surface area (Å²) in [5.41, 5.74) is 4.58. The van der Waals surface area contributed by atoms with E-state index in [0.717, 1.165) is 17.8 Å². The second kappa shape index (κ2) is 6.23. The van der Waals surface area contributed by atoms with E-state index in [2.05, 4.69) is 59.7 Å². The third kappa shape index (κ3) is 3.34. The first-order valence-electron chi connectivity index (χ1n) is 7.11. The zero-order valence-electron chi connectivity index (χ0n) is 12.4. The standard InChI is InChI=1S/C14H20.C3H8/c1-9-5-6-13-11(3)8-10(2)12(4)14(13)7-9;1-3-2/h5-7,10-12H,8H2,1-4H3;3H2,1-2H3. The smallest absolute Gasteiger partial charge is 0.0162 e. The van der Waals surface area contributed by atoms with E-state index >= 15 is 0 Å². The normalized spacial score (nSPS) is 26.8. The molecule has 1 aliphatic rings. The highest BCUT2D eigenvalue weighted by atomic mass is 14.3. The predicted octanol–water partition coefficient (Wildman–Crippen LogP) is 5.66. The highest BCUT2D eigenvalue weighted by Crippen LogP contribution is 2.42. The molecule has 0 bridgehead atoms. The molecule has 0 amide bonds. The molecule has 1 aromatic carbocycles. The van der Waals surface area contributed by atoms with Gasteiger partial charge in [-0.25, -0.2) is 0 Å². The fraction of sp³-hybridized carbons (Fsp3) is 0.647. The highest BCUT2D eigenvalue weighted by molar-refractivity contribution is 5.38. The Kier molecular flexibility index (Phi) is 5.24. The molecule has 0 fully saturated rings. The number of aryl methyl sites for hydroxylation is 1. The van der Waals surface area contributed by atoms with Gasteiger partial charge in [0.2, 0.25) is 0 Å². The topological polar surface area (TPSA) is 0 Å². The molecule has 0 spiro atoms. The Morgan fingerprint density at radius 3 is 2.24 bits per heavy atom. The number of hydrogen-bond donors (Lipinski definition) is 0. The summed E-state index contributed by atoms with van der Waals surface area (Å²) in [5.74, 6) is 2.32. The van der Waals surface area contributed by atoms with E-state index in [1.165, 1.54) is 18.4 Å². The van der Waals surface area contributed by atoms with Crippen LogP contribution in [-0.4, -0.2) is 0 Å². The van der Waals surface area contributed by atoms with E-state index in [-0.39, 0.29) is 0 Å². The zero-order valence-corrected chi connectivity index (χ0v) is 12.4. The van der Waals surface area contributed by atoms with E-state index in [4.69, 9.17) is 0 Å². The summed E-state index contributed by atoms with van der Waals surface area (Å²) < 4.78 is 0. The van der Waals surface area contributed by atoms with Crippen LogP contribution in [0, 0.1) is 12.8 Å². The van der Waals surface area contributed by atoms with E-state index in [0.29, 0.717) is 0 Å². The zero-order chi connectivity index (χ0) is 13.0. The summed E-state index contributed by atoms with van der Waals surface area (Å²) in [4.78, 5) is 0. The van der Waals surface area contributed by atoms with Crippen molar-refractivity contribution in [3.8, 4) is 0 Å². The molecule has 1 aliphatic carbocycles. The molecule has 2 rings (SSSR count). The quantitative estimate of drug-likeness (QED) is 0.541. The Labute approximate surface area is 107 Å². The van der Waals surface area contributed by atoms with Crippen molar-refractivity contribution in [1.82, 2.24) is 0 Å². The Balaban J connectivity index is 0.000000437. The lowest BCUT2D eigenvalue weighted by molar-refractivity contribution is 0.389. The Hall–Kier alpha value is -0.780. The van der Waals surface area contributed by atoms with Crippen LogP contribution >= 0.6 is 0 Å². The molecular formula is C17H28. The van der Waals surface area contributed by atoms with Gasteiger partial charge in [0.25, 0.3) is 0 Å². The summed E-state index contributed by atoms with van der Waals surface area (Å²) in [6.45, 7) is 13.6. The maximum absolute atomic E-state index is 2.38. The van der Waals surface area contributed by atoms with Gasteiger partial charge in [-0.05, 0) is 42.2 Å². The lowest BCUT2D eigenvalue weighted by Gasteiger charge is -2.33. The van der Waals surface area contributed by atoms with Gasteiger partial charge in [0, 0.05) is 0 Å². The molecule has 0 saturated heterocycles. The minimum atomic E-state index is 0.737. The van der Waals surface area contributed by atoms with Crippen molar-refractivity contribution in [2.45, 2.75) is 66.2 Å².